The van der Waals surface area contributed by atoms with E-state index in [2.05, 4.69) is 15.6 Å². The van der Waals surface area contributed by atoms with Gasteiger partial charge in [-0.05, 0) is 31.2 Å². The van der Waals surface area contributed by atoms with Gasteiger partial charge in [-0.25, -0.2) is 4.98 Å². The van der Waals surface area contributed by atoms with Gasteiger partial charge in [0.1, 0.15) is 11.3 Å². The molecule has 5 nitrogen and oxygen atoms in total. The Balaban J connectivity index is 1.37. The van der Waals surface area contributed by atoms with E-state index in [0.29, 0.717) is 5.13 Å². The topological polar surface area (TPSA) is 67.2 Å². The van der Waals surface area contributed by atoms with Crippen molar-refractivity contribution < 1.29 is 9.21 Å². The van der Waals surface area contributed by atoms with Gasteiger partial charge < -0.3 is 9.73 Å². The van der Waals surface area contributed by atoms with E-state index in [4.69, 9.17) is 4.42 Å². The first-order valence-electron chi connectivity index (χ1n) is 8.06. The van der Waals surface area contributed by atoms with Crippen molar-refractivity contribution in [2.24, 2.45) is 0 Å². The van der Waals surface area contributed by atoms with Crippen LogP contribution in [0, 0.1) is 0 Å². The van der Waals surface area contributed by atoms with Gasteiger partial charge in [-0.15, -0.1) is 0 Å². The minimum Gasteiger partial charge on any atom is -0.459 e. The smallest absolute Gasteiger partial charge is 0.240 e. The maximum Gasteiger partial charge on any atom is 0.240 e. The summed E-state index contributed by atoms with van der Waals surface area (Å²) in [5, 5.41) is 7.70. The molecular weight excluding hydrogens is 334 g/mol. The van der Waals surface area contributed by atoms with Gasteiger partial charge in [-0.1, -0.05) is 41.7 Å². The number of nitrogens with one attached hydrogen (secondary N) is 2. The predicted octanol–water partition coefficient (Wildman–Crippen LogP) is 4.33. The van der Waals surface area contributed by atoms with E-state index in [1.807, 2.05) is 61.5 Å². The molecule has 0 saturated carbocycles. The molecule has 2 N–H and O–H groups in total. The van der Waals surface area contributed by atoms with Gasteiger partial charge in [0.25, 0.3) is 0 Å². The summed E-state index contributed by atoms with van der Waals surface area (Å²) >= 11 is 1.47. The first kappa shape index (κ1) is 15.8. The lowest BCUT2D eigenvalue weighted by molar-refractivity contribution is -0.115. The Labute approximate surface area is 148 Å². The fourth-order valence-corrected chi connectivity index (χ4v) is 3.53. The van der Waals surface area contributed by atoms with Crippen LogP contribution in [0.1, 0.15) is 18.7 Å². The Kier molecular flexibility index (Phi) is 4.21. The normalized spacial score (nSPS) is 12.5. The summed E-state index contributed by atoms with van der Waals surface area (Å²) < 4.78 is 6.87. The molecule has 2 aromatic heterocycles. The van der Waals surface area contributed by atoms with Crippen LogP contribution in [0.4, 0.5) is 5.13 Å². The van der Waals surface area contributed by atoms with Crippen molar-refractivity contribution in [2.45, 2.75) is 13.0 Å². The highest BCUT2D eigenvalue weighted by Gasteiger charge is 2.13. The van der Waals surface area contributed by atoms with Crippen LogP contribution >= 0.6 is 11.3 Å². The number of hydrogen-bond donors (Lipinski definition) is 2. The second-order valence-corrected chi connectivity index (χ2v) is 6.85. The summed E-state index contributed by atoms with van der Waals surface area (Å²) in [7, 11) is 0. The molecule has 4 rings (SSSR count). The minimum absolute atomic E-state index is 0.0616. The average Bonchev–Trinajstić information content (AvgIpc) is 3.22. The summed E-state index contributed by atoms with van der Waals surface area (Å²) in [5.41, 5.74) is 1.75. The Bertz CT molecular complexity index is 971. The number of para-hydroxylation sites is 2. The number of thiazole rings is 1. The van der Waals surface area contributed by atoms with Gasteiger partial charge in [0, 0.05) is 5.39 Å². The molecule has 4 aromatic rings. The van der Waals surface area contributed by atoms with Crippen LogP contribution in [0.5, 0.6) is 0 Å². The first-order chi connectivity index (χ1) is 12.2. The molecular formula is C19H17N3O2S. The van der Waals surface area contributed by atoms with Gasteiger partial charge in [-0.3, -0.25) is 10.1 Å². The molecule has 1 unspecified atom stereocenters. The van der Waals surface area contributed by atoms with E-state index in [0.717, 1.165) is 26.9 Å². The number of benzene rings is 2. The number of fused-ring (bicyclic) bond motifs is 2. The molecule has 126 valence electrons. The molecule has 1 atom stereocenters. The summed E-state index contributed by atoms with van der Waals surface area (Å²) in [6.45, 7) is 2.16. The van der Waals surface area contributed by atoms with E-state index in [1.165, 1.54) is 11.3 Å². The second-order valence-electron chi connectivity index (χ2n) is 5.82. The van der Waals surface area contributed by atoms with E-state index in [-0.39, 0.29) is 18.5 Å². The first-order valence-corrected chi connectivity index (χ1v) is 8.88. The van der Waals surface area contributed by atoms with Crippen molar-refractivity contribution in [1.82, 2.24) is 10.3 Å². The molecule has 0 aliphatic carbocycles. The number of amides is 1. The zero-order valence-electron chi connectivity index (χ0n) is 13.7. The lowest BCUT2D eigenvalue weighted by atomic mass is 10.2. The van der Waals surface area contributed by atoms with Crippen LogP contribution < -0.4 is 10.6 Å². The number of rotatable bonds is 5. The Morgan fingerprint density at radius 1 is 1.20 bits per heavy atom. The molecule has 0 radical (unpaired) electrons. The number of aromatic nitrogens is 1. The van der Waals surface area contributed by atoms with Gasteiger partial charge in [0.05, 0.1) is 22.8 Å². The standard InChI is InChI=1S/C19H17N3O2S/c1-12(16-10-13-6-2-4-8-15(13)24-16)20-11-18(23)22-19-21-14-7-3-5-9-17(14)25-19/h2-10,12,20H,11H2,1H3,(H,21,22,23). The maximum absolute atomic E-state index is 12.2. The SMILES string of the molecule is CC(NCC(=O)Nc1nc2ccccc2s1)c1cc2ccccc2o1. The highest BCUT2D eigenvalue weighted by atomic mass is 32.1. The number of carbonyl (C=O) groups is 1. The monoisotopic (exact) mass is 351 g/mol. The molecule has 6 heteroatoms. The lowest BCUT2D eigenvalue weighted by Crippen LogP contribution is -2.29. The van der Waals surface area contributed by atoms with Gasteiger partial charge >= 0.3 is 0 Å². The van der Waals surface area contributed by atoms with Crippen LogP contribution in [0.3, 0.4) is 0 Å². The van der Waals surface area contributed by atoms with Crippen LogP contribution in [-0.2, 0) is 4.79 Å². The quantitative estimate of drug-likeness (QED) is 0.561. The van der Waals surface area contributed by atoms with Crippen molar-refractivity contribution in [2.75, 3.05) is 11.9 Å². The highest BCUT2D eigenvalue weighted by Crippen LogP contribution is 2.25. The summed E-state index contributed by atoms with van der Waals surface area (Å²) in [4.78, 5) is 16.6. The zero-order chi connectivity index (χ0) is 17.2. The van der Waals surface area contributed by atoms with E-state index in [9.17, 15) is 4.79 Å². The maximum atomic E-state index is 12.2. The highest BCUT2D eigenvalue weighted by molar-refractivity contribution is 7.22. The molecule has 0 bridgehead atoms. The molecule has 1 amide bonds. The minimum atomic E-state index is -0.123. The van der Waals surface area contributed by atoms with Gasteiger partial charge in [0.2, 0.25) is 5.91 Å². The van der Waals surface area contributed by atoms with Crippen molar-refractivity contribution in [3.05, 3.63) is 60.4 Å². The number of nitrogens with zero attached hydrogens (tertiary/aromatic N) is 1. The third-order valence-electron chi connectivity index (χ3n) is 3.98. The van der Waals surface area contributed by atoms with E-state index < -0.39 is 0 Å². The predicted molar refractivity (Wildman–Crippen MR) is 101 cm³/mol. The number of carbonyl (C=O) groups excluding carboxylic acids is 1. The fraction of sp³-hybridized carbons (Fsp3) is 0.158. The summed E-state index contributed by atoms with van der Waals surface area (Å²) in [5.74, 6) is 0.691. The van der Waals surface area contributed by atoms with Crippen molar-refractivity contribution in [3.8, 4) is 0 Å². The molecule has 2 aromatic carbocycles. The lowest BCUT2D eigenvalue weighted by Gasteiger charge is -2.10. The van der Waals surface area contributed by atoms with Crippen molar-refractivity contribution >= 4 is 43.6 Å². The van der Waals surface area contributed by atoms with Crippen LogP contribution in [0.15, 0.2) is 59.0 Å². The van der Waals surface area contributed by atoms with Crippen LogP contribution in [-0.4, -0.2) is 17.4 Å². The molecule has 0 saturated heterocycles. The van der Waals surface area contributed by atoms with Crippen molar-refractivity contribution in [1.29, 1.82) is 0 Å². The zero-order valence-corrected chi connectivity index (χ0v) is 14.5. The molecule has 25 heavy (non-hydrogen) atoms. The third kappa shape index (κ3) is 3.40. The fourth-order valence-electron chi connectivity index (χ4n) is 2.65. The Morgan fingerprint density at radius 3 is 2.84 bits per heavy atom. The molecule has 0 aliphatic rings. The average molecular weight is 351 g/mol. The summed E-state index contributed by atoms with van der Waals surface area (Å²) in [6.07, 6.45) is 0. The Morgan fingerprint density at radius 2 is 2.00 bits per heavy atom. The largest absolute Gasteiger partial charge is 0.459 e. The van der Waals surface area contributed by atoms with Crippen LogP contribution in [0.25, 0.3) is 21.2 Å². The number of anilines is 1. The second kappa shape index (κ2) is 6.66. The van der Waals surface area contributed by atoms with Gasteiger partial charge in [-0.2, -0.15) is 0 Å². The van der Waals surface area contributed by atoms with Gasteiger partial charge in [0.15, 0.2) is 5.13 Å². The number of hydrogen-bond acceptors (Lipinski definition) is 5. The summed E-state index contributed by atoms with van der Waals surface area (Å²) in [6, 6.07) is 17.6. The third-order valence-corrected chi connectivity index (χ3v) is 4.93. The number of furan rings is 1. The van der Waals surface area contributed by atoms with Crippen molar-refractivity contribution in [3.63, 3.8) is 0 Å². The molecule has 0 aliphatic heterocycles. The Hall–Kier alpha value is -2.70. The van der Waals surface area contributed by atoms with E-state index >= 15 is 0 Å². The van der Waals surface area contributed by atoms with E-state index in [1.54, 1.807) is 0 Å². The molecule has 0 fully saturated rings. The van der Waals surface area contributed by atoms with Crippen LogP contribution in [0.2, 0.25) is 0 Å². The molecule has 0 spiro atoms. The molecule has 2 heterocycles.